The van der Waals surface area contributed by atoms with E-state index in [0.29, 0.717) is 19.4 Å². The molecule has 0 bridgehead atoms. The van der Waals surface area contributed by atoms with Crippen LogP contribution >= 0.6 is 0 Å². The molecule has 0 radical (unpaired) electrons. The first-order chi connectivity index (χ1) is 9.61. The first-order valence-electron chi connectivity index (χ1n) is 7.19. The first-order valence-corrected chi connectivity index (χ1v) is 7.19. The molecule has 1 aliphatic carbocycles. The van der Waals surface area contributed by atoms with Gasteiger partial charge in [0.1, 0.15) is 5.75 Å². The molecule has 1 atom stereocenters. The molecule has 20 heavy (non-hydrogen) atoms. The van der Waals surface area contributed by atoms with Gasteiger partial charge in [-0.1, -0.05) is 18.2 Å². The standard InChI is InChI=1S/C15H20F2N2O/c16-15(17)7-4-10(5-8-15)13(19-18)12-3-1-2-11-6-9-20-14(11)12/h1-3,10,13,19H,4-9,18H2. The summed E-state index contributed by atoms with van der Waals surface area (Å²) >= 11 is 0. The second kappa shape index (κ2) is 5.30. The van der Waals surface area contributed by atoms with Crippen molar-refractivity contribution in [2.75, 3.05) is 6.61 Å². The summed E-state index contributed by atoms with van der Waals surface area (Å²) in [5.74, 6) is 4.23. The van der Waals surface area contributed by atoms with Gasteiger partial charge in [-0.3, -0.25) is 11.3 Å². The molecule has 0 amide bonds. The molecule has 3 N–H and O–H groups in total. The maximum Gasteiger partial charge on any atom is 0.248 e. The van der Waals surface area contributed by atoms with Gasteiger partial charge in [0.2, 0.25) is 5.92 Å². The first kappa shape index (κ1) is 13.8. The van der Waals surface area contributed by atoms with E-state index in [0.717, 1.165) is 17.7 Å². The van der Waals surface area contributed by atoms with E-state index in [1.54, 1.807) is 0 Å². The maximum absolute atomic E-state index is 13.3. The molecule has 1 fully saturated rings. The lowest BCUT2D eigenvalue weighted by molar-refractivity contribution is -0.0498. The van der Waals surface area contributed by atoms with Gasteiger partial charge < -0.3 is 4.74 Å². The number of ether oxygens (including phenoxy) is 1. The van der Waals surface area contributed by atoms with Crippen LogP contribution in [0.3, 0.4) is 0 Å². The van der Waals surface area contributed by atoms with Crippen molar-refractivity contribution in [1.29, 1.82) is 0 Å². The zero-order chi connectivity index (χ0) is 14.2. The molecule has 1 aliphatic heterocycles. The second-order valence-electron chi connectivity index (χ2n) is 5.77. The number of nitrogens with two attached hydrogens (primary N) is 1. The average molecular weight is 282 g/mol. The van der Waals surface area contributed by atoms with E-state index in [2.05, 4.69) is 11.5 Å². The molecule has 3 nitrogen and oxygen atoms in total. The lowest BCUT2D eigenvalue weighted by atomic mass is 9.79. The van der Waals surface area contributed by atoms with Crippen LogP contribution in [-0.4, -0.2) is 12.5 Å². The molecule has 5 heteroatoms. The van der Waals surface area contributed by atoms with Crippen molar-refractivity contribution in [1.82, 2.24) is 5.43 Å². The van der Waals surface area contributed by atoms with E-state index in [1.807, 2.05) is 12.1 Å². The van der Waals surface area contributed by atoms with Crippen LogP contribution in [0.5, 0.6) is 5.75 Å². The molecule has 1 aromatic rings. The second-order valence-corrected chi connectivity index (χ2v) is 5.77. The molecular weight excluding hydrogens is 262 g/mol. The summed E-state index contributed by atoms with van der Waals surface area (Å²) in [7, 11) is 0. The van der Waals surface area contributed by atoms with Crippen molar-refractivity contribution in [3.63, 3.8) is 0 Å². The van der Waals surface area contributed by atoms with Crippen LogP contribution in [0.25, 0.3) is 0 Å². The van der Waals surface area contributed by atoms with Crippen LogP contribution in [0.2, 0.25) is 0 Å². The molecule has 1 unspecified atom stereocenters. The number of rotatable bonds is 3. The van der Waals surface area contributed by atoms with Crippen molar-refractivity contribution in [2.45, 2.75) is 44.1 Å². The third kappa shape index (κ3) is 2.52. The lowest BCUT2D eigenvalue weighted by Gasteiger charge is -2.34. The quantitative estimate of drug-likeness (QED) is 0.662. The normalized spacial score (nSPS) is 23.1. The molecule has 0 aromatic heterocycles. The van der Waals surface area contributed by atoms with Gasteiger partial charge in [-0.2, -0.15) is 0 Å². The summed E-state index contributed by atoms with van der Waals surface area (Å²) in [5.41, 5.74) is 5.02. The number of halogens is 2. The minimum absolute atomic E-state index is 0.0499. The Kier molecular flexibility index (Phi) is 3.65. The van der Waals surface area contributed by atoms with E-state index in [1.165, 1.54) is 5.56 Å². The number of para-hydroxylation sites is 1. The highest BCUT2D eigenvalue weighted by atomic mass is 19.3. The average Bonchev–Trinajstić information content (AvgIpc) is 2.90. The predicted octanol–water partition coefficient (Wildman–Crippen LogP) is 2.95. The highest BCUT2D eigenvalue weighted by Gasteiger charge is 2.38. The number of hydrazine groups is 1. The Bertz CT molecular complexity index is 483. The number of hydrogen-bond acceptors (Lipinski definition) is 3. The number of alkyl halides is 2. The summed E-state index contributed by atoms with van der Waals surface area (Å²) in [4.78, 5) is 0. The largest absolute Gasteiger partial charge is 0.493 e. The topological polar surface area (TPSA) is 47.3 Å². The Labute approximate surface area is 117 Å². The van der Waals surface area contributed by atoms with Crippen LogP contribution < -0.4 is 16.0 Å². The Morgan fingerprint density at radius 1 is 1.30 bits per heavy atom. The molecule has 3 rings (SSSR count). The van der Waals surface area contributed by atoms with E-state index >= 15 is 0 Å². The van der Waals surface area contributed by atoms with Crippen molar-refractivity contribution < 1.29 is 13.5 Å². The molecule has 1 saturated carbocycles. The molecular formula is C15H20F2N2O. The smallest absolute Gasteiger partial charge is 0.248 e. The molecule has 110 valence electrons. The minimum Gasteiger partial charge on any atom is -0.493 e. The van der Waals surface area contributed by atoms with Gasteiger partial charge in [-0.25, -0.2) is 8.78 Å². The molecule has 1 aromatic carbocycles. The Morgan fingerprint density at radius 3 is 2.75 bits per heavy atom. The third-order valence-electron chi connectivity index (χ3n) is 4.49. The Morgan fingerprint density at radius 2 is 2.05 bits per heavy atom. The van der Waals surface area contributed by atoms with Crippen molar-refractivity contribution in [3.05, 3.63) is 29.3 Å². The van der Waals surface area contributed by atoms with Gasteiger partial charge >= 0.3 is 0 Å². The number of nitrogens with one attached hydrogen (secondary N) is 1. The van der Waals surface area contributed by atoms with Crippen molar-refractivity contribution in [2.24, 2.45) is 11.8 Å². The molecule has 1 heterocycles. The zero-order valence-corrected chi connectivity index (χ0v) is 11.4. The van der Waals surface area contributed by atoms with Crippen LogP contribution in [-0.2, 0) is 6.42 Å². The number of benzene rings is 1. The van der Waals surface area contributed by atoms with E-state index in [4.69, 9.17) is 10.6 Å². The van der Waals surface area contributed by atoms with Gasteiger partial charge in [-0.05, 0) is 24.3 Å². The lowest BCUT2D eigenvalue weighted by Crippen LogP contribution is -2.37. The van der Waals surface area contributed by atoms with Gasteiger partial charge in [0, 0.05) is 24.8 Å². The SMILES string of the molecule is NNC(c1cccc2c1OCC2)C1CCC(F)(F)CC1. The summed E-state index contributed by atoms with van der Waals surface area (Å²) in [6.45, 7) is 0.687. The Hall–Kier alpha value is -1.20. The predicted molar refractivity (Wildman–Crippen MR) is 72.6 cm³/mol. The number of hydrogen-bond donors (Lipinski definition) is 2. The highest BCUT2D eigenvalue weighted by molar-refractivity contribution is 5.45. The Balaban J connectivity index is 1.82. The fraction of sp³-hybridized carbons (Fsp3) is 0.600. The summed E-state index contributed by atoms with van der Waals surface area (Å²) < 4.78 is 32.3. The van der Waals surface area contributed by atoms with Crippen LogP contribution in [0.15, 0.2) is 18.2 Å². The fourth-order valence-corrected chi connectivity index (χ4v) is 3.36. The van der Waals surface area contributed by atoms with E-state index < -0.39 is 5.92 Å². The van der Waals surface area contributed by atoms with Crippen LogP contribution in [0.4, 0.5) is 8.78 Å². The van der Waals surface area contributed by atoms with Crippen LogP contribution in [0, 0.1) is 5.92 Å². The van der Waals surface area contributed by atoms with Crippen molar-refractivity contribution in [3.8, 4) is 5.75 Å². The van der Waals surface area contributed by atoms with Gasteiger partial charge in [0.25, 0.3) is 0 Å². The van der Waals surface area contributed by atoms with E-state index in [-0.39, 0.29) is 24.8 Å². The molecule has 0 spiro atoms. The zero-order valence-electron chi connectivity index (χ0n) is 11.4. The van der Waals surface area contributed by atoms with Gasteiger partial charge in [0.05, 0.1) is 12.6 Å². The maximum atomic E-state index is 13.3. The molecule has 0 saturated heterocycles. The summed E-state index contributed by atoms with van der Waals surface area (Å²) in [5, 5.41) is 0. The highest BCUT2D eigenvalue weighted by Crippen LogP contribution is 2.44. The summed E-state index contributed by atoms with van der Waals surface area (Å²) in [6.07, 6.45) is 1.79. The molecule has 2 aliphatic rings. The summed E-state index contributed by atoms with van der Waals surface area (Å²) in [6, 6.07) is 5.92. The monoisotopic (exact) mass is 282 g/mol. The number of fused-ring (bicyclic) bond motifs is 1. The minimum atomic E-state index is -2.51. The van der Waals surface area contributed by atoms with Gasteiger partial charge in [-0.15, -0.1) is 0 Å². The van der Waals surface area contributed by atoms with Crippen molar-refractivity contribution >= 4 is 0 Å². The fourth-order valence-electron chi connectivity index (χ4n) is 3.36. The van der Waals surface area contributed by atoms with E-state index in [9.17, 15) is 8.78 Å². The van der Waals surface area contributed by atoms with Crippen LogP contribution in [0.1, 0.15) is 42.9 Å². The van der Waals surface area contributed by atoms with Gasteiger partial charge in [0.15, 0.2) is 0 Å². The third-order valence-corrected chi connectivity index (χ3v) is 4.49.